The summed E-state index contributed by atoms with van der Waals surface area (Å²) in [5.41, 5.74) is 0. The molecule has 0 bridgehead atoms. The molecule has 0 aromatic carbocycles. The Balaban J connectivity index is 0. The minimum absolute atomic E-state index is 0.819. The van der Waals surface area contributed by atoms with Crippen molar-refractivity contribution >= 4 is 7.25 Å². The quantitative estimate of drug-likeness (QED) is 0.534. The fourth-order valence-electron chi connectivity index (χ4n) is 0.364. The van der Waals surface area contributed by atoms with Gasteiger partial charge in [-0.3, -0.25) is 4.98 Å². The fraction of sp³-hybridized carbons (Fsp3) is 0.571. The second kappa shape index (κ2) is 9.51. The number of hydrogen-bond donors (Lipinski definition) is 0. The normalized spacial score (nSPS) is 9.53. The standard InChI is InChI=1S/C4H6N2.C3H8O.BF4/c1-6-3-2-5-4-6;1-3-4-2;2-1(3,4)5/h2-4H,1H3;3H2,1-2H3;/q;;-1/p+1. The first-order chi connectivity index (χ1) is 6.81. The van der Waals surface area contributed by atoms with Crippen LogP contribution in [0.3, 0.4) is 0 Å². The molecule has 1 N–H and O–H groups in total. The third-order valence-corrected chi connectivity index (χ3v) is 0.973. The molecule has 0 atom stereocenters. The van der Waals surface area contributed by atoms with Crippen molar-refractivity contribution in [1.82, 2.24) is 4.57 Å². The van der Waals surface area contributed by atoms with Crippen LogP contribution in [0.5, 0.6) is 0 Å². The van der Waals surface area contributed by atoms with Crippen molar-refractivity contribution in [2.75, 3.05) is 13.7 Å². The fourth-order valence-corrected chi connectivity index (χ4v) is 0.364. The lowest BCUT2D eigenvalue weighted by Crippen LogP contribution is -2.02. The molecule has 0 radical (unpaired) electrons. The predicted octanol–water partition coefficient (Wildman–Crippen LogP) is 1.79. The highest BCUT2D eigenvalue weighted by molar-refractivity contribution is 6.50. The average molecular weight is 230 g/mol. The third kappa shape index (κ3) is 32.1. The van der Waals surface area contributed by atoms with Crippen LogP contribution in [0.25, 0.3) is 0 Å². The summed E-state index contributed by atoms with van der Waals surface area (Å²) in [7, 11) is -2.35. The SMILES string of the molecule is CCOC.Cn1cc[nH+]c1.F[B-](F)(F)F. The maximum absolute atomic E-state index is 9.75. The monoisotopic (exact) mass is 230 g/mol. The molecule has 8 heteroatoms. The van der Waals surface area contributed by atoms with Crippen molar-refractivity contribution in [2.24, 2.45) is 7.05 Å². The molecular formula is C7H15BF4N2O. The highest BCUT2D eigenvalue weighted by Gasteiger charge is 2.20. The van der Waals surface area contributed by atoms with E-state index in [1.165, 1.54) is 0 Å². The minimum atomic E-state index is -6.00. The van der Waals surface area contributed by atoms with Gasteiger partial charge < -0.3 is 22.0 Å². The molecule has 0 saturated carbocycles. The van der Waals surface area contributed by atoms with Gasteiger partial charge in [0.1, 0.15) is 12.4 Å². The lowest BCUT2D eigenvalue weighted by Gasteiger charge is -1.94. The lowest BCUT2D eigenvalue weighted by molar-refractivity contribution is -0.377. The first kappa shape index (κ1) is 16.4. The zero-order valence-electron chi connectivity index (χ0n) is 8.88. The molecule has 0 saturated heterocycles. The van der Waals surface area contributed by atoms with Crippen LogP contribution in [-0.4, -0.2) is 25.5 Å². The van der Waals surface area contributed by atoms with Gasteiger partial charge >= 0.3 is 7.25 Å². The predicted molar refractivity (Wildman–Crippen MR) is 49.7 cm³/mol. The summed E-state index contributed by atoms with van der Waals surface area (Å²) in [4.78, 5) is 2.89. The molecule has 0 amide bonds. The Morgan fingerprint density at radius 2 is 1.73 bits per heavy atom. The number of hydrogen-bond acceptors (Lipinski definition) is 1. The van der Waals surface area contributed by atoms with Gasteiger partial charge in [-0.05, 0) is 6.92 Å². The molecular weight excluding hydrogens is 215 g/mol. The number of imidazole rings is 1. The molecule has 90 valence electrons. The largest absolute Gasteiger partial charge is 0.673 e. The topological polar surface area (TPSA) is 28.3 Å². The van der Waals surface area contributed by atoms with Crippen LogP contribution in [0.1, 0.15) is 6.92 Å². The molecule has 0 spiro atoms. The molecule has 1 aromatic heterocycles. The number of aryl methyl sites for hydroxylation is 1. The number of nitrogens with one attached hydrogen (secondary N) is 1. The average Bonchev–Trinajstić information content (AvgIpc) is 2.53. The molecule has 1 rings (SSSR count). The molecule has 3 nitrogen and oxygen atoms in total. The van der Waals surface area contributed by atoms with E-state index < -0.39 is 7.25 Å². The zero-order valence-corrected chi connectivity index (χ0v) is 8.88. The van der Waals surface area contributed by atoms with E-state index in [9.17, 15) is 17.3 Å². The highest BCUT2D eigenvalue weighted by atomic mass is 19.5. The van der Waals surface area contributed by atoms with E-state index in [0.717, 1.165) is 6.61 Å². The smallest absolute Gasteiger partial charge is 0.418 e. The van der Waals surface area contributed by atoms with Crippen molar-refractivity contribution in [3.8, 4) is 0 Å². The number of nitrogens with zero attached hydrogens (tertiary/aromatic N) is 1. The van der Waals surface area contributed by atoms with Crippen molar-refractivity contribution in [3.63, 3.8) is 0 Å². The molecule has 0 fully saturated rings. The van der Waals surface area contributed by atoms with Crippen LogP contribution < -0.4 is 4.98 Å². The van der Waals surface area contributed by atoms with Gasteiger partial charge in [0.25, 0.3) is 0 Å². The molecule has 1 heterocycles. The number of aromatic amines is 1. The maximum Gasteiger partial charge on any atom is 0.673 e. The van der Waals surface area contributed by atoms with Gasteiger partial charge in [0.15, 0.2) is 0 Å². The summed E-state index contributed by atoms with van der Waals surface area (Å²) in [5.74, 6) is 0. The summed E-state index contributed by atoms with van der Waals surface area (Å²) in [5, 5.41) is 0. The molecule has 15 heavy (non-hydrogen) atoms. The number of H-pyrrole nitrogens is 1. The van der Waals surface area contributed by atoms with E-state index >= 15 is 0 Å². The molecule has 0 aliphatic rings. The van der Waals surface area contributed by atoms with Gasteiger partial charge in [-0.1, -0.05) is 0 Å². The van der Waals surface area contributed by atoms with E-state index in [4.69, 9.17) is 0 Å². The Morgan fingerprint density at radius 3 is 1.80 bits per heavy atom. The van der Waals surface area contributed by atoms with Crippen LogP contribution in [0.2, 0.25) is 0 Å². The van der Waals surface area contributed by atoms with Crippen LogP contribution >= 0.6 is 0 Å². The van der Waals surface area contributed by atoms with Crippen molar-refractivity contribution in [3.05, 3.63) is 18.7 Å². The Morgan fingerprint density at radius 1 is 1.33 bits per heavy atom. The number of halogens is 4. The van der Waals surface area contributed by atoms with Crippen LogP contribution in [0.15, 0.2) is 18.7 Å². The number of methoxy groups -OCH3 is 1. The Hall–Kier alpha value is -1.05. The van der Waals surface area contributed by atoms with Crippen LogP contribution in [0, 0.1) is 0 Å². The van der Waals surface area contributed by atoms with E-state index in [1.807, 2.05) is 37.3 Å². The van der Waals surface area contributed by atoms with E-state index in [-0.39, 0.29) is 0 Å². The van der Waals surface area contributed by atoms with Gasteiger partial charge in [-0.25, -0.2) is 4.57 Å². The highest BCUT2D eigenvalue weighted by Crippen LogP contribution is 2.06. The number of aromatic nitrogens is 2. The molecule has 0 aliphatic heterocycles. The van der Waals surface area contributed by atoms with Crippen LogP contribution in [0.4, 0.5) is 17.3 Å². The van der Waals surface area contributed by atoms with E-state index in [0.29, 0.717) is 0 Å². The van der Waals surface area contributed by atoms with E-state index in [2.05, 4.69) is 9.72 Å². The van der Waals surface area contributed by atoms with Crippen molar-refractivity contribution in [1.29, 1.82) is 0 Å². The summed E-state index contributed by atoms with van der Waals surface area (Å²) in [6.45, 7) is 2.78. The summed E-state index contributed by atoms with van der Waals surface area (Å²) in [6, 6.07) is 0. The summed E-state index contributed by atoms with van der Waals surface area (Å²) >= 11 is 0. The first-order valence-corrected chi connectivity index (χ1v) is 4.15. The van der Waals surface area contributed by atoms with Crippen molar-refractivity contribution < 1.29 is 27.0 Å². The lowest BCUT2D eigenvalue weighted by atomic mass is 10.3. The van der Waals surface area contributed by atoms with Gasteiger partial charge in [0.2, 0.25) is 6.33 Å². The number of rotatable bonds is 1. The second-order valence-corrected chi connectivity index (χ2v) is 2.35. The van der Waals surface area contributed by atoms with Gasteiger partial charge in [0, 0.05) is 13.7 Å². The minimum Gasteiger partial charge on any atom is -0.418 e. The van der Waals surface area contributed by atoms with E-state index in [1.54, 1.807) is 7.11 Å². The van der Waals surface area contributed by atoms with Gasteiger partial charge in [0.05, 0.1) is 7.05 Å². The Labute approximate surface area is 86.2 Å². The summed E-state index contributed by atoms with van der Waals surface area (Å²) in [6.07, 6.45) is 5.69. The van der Waals surface area contributed by atoms with Crippen LogP contribution in [-0.2, 0) is 11.8 Å². The molecule has 0 aliphatic carbocycles. The van der Waals surface area contributed by atoms with Crippen molar-refractivity contribution in [2.45, 2.75) is 6.92 Å². The van der Waals surface area contributed by atoms with Gasteiger partial charge in [-0.15, -0.1) is 0 Å². The Kier molecular flexibility index (Phi) is 10.4. The Bertz CT molecular complexity index is 207. The zero-order chi connectivity index (χ0) is 12.3. The molecule has 1 aromatic rings. The third-order valence-electron chi connectivity index (χ3n) is 0.973. The summed E-state index contributed by atoms with van der Waals surface area (Å²) < 4.78 is 45.5. The number of ether oxygens (including phenoxy) is 1. The first-order valence-electron chi connectivity index (χ1n) is 4.15. The molecule has 0 unspecified atom stereocenters. The van der Waals surface area contributed by atoms with Gasteiger partial charge in [-0.2, -0.15) is 0 Å². The maximum atomic E-state index is 9.75. The second-order valence-electron chi connectivity index (χ2n) is 2.35.